The first-order chi connectivity index (χ1) is 16.8. The number of esters is 1. The SMILES string of the molecule is CCOC(=O)c1ccc(-c2ccc3c(c2)C(Nc2ccc([N+](=O)[O-])cn2)CC(C)N3C(C)=O)nc1. The minimum absolute atomic E-state index is 0.0599. The Balaban J connectivity index is 1.69. The molecule has 2 atom stereocenters. The van der Waals surface area contributed by atoms with Crippen molar-refractivity contribution in [3.8, 4) is 11.3 Å². The summed E-state index contributed by atoms with van der Waals surface area (Å²) >= 11 is 0. The summed E-state index contributed by atoms with van der Waals surface area (Å²) in [5.74, 6) is 0.00982. The van der Waals surface area contributed by atoms with E-state index >= 15 is 0 Å². The number of carbonyl (C=O) groups excluding carboxylic acids is 2. The second-order valence-electron chi connectivity index (χ2n) is 8.26. The minimum atomic E-state index is -0.494. The summed E-state index contributed by atoms with van der Waals surface area (Å²) in [6.07, 6.45) is 3.31. The van der Waals surface area contributed by atoms with E-state index in [0.29, 0.717) is 23.5 Å². The van der Waals surface area contributed by atoms with Gasteiger partial charge in [-0.1, -0.05) is 6.07 Å². The zero-order valence-electron chi connectivity index (χ0n) is 19.6. The quantitative estimate of drug-likeness (QED) is 0.313. The maximum absolute atomic E-state index is 12.4. The number of ether oxygens (including phenoxy) is 1. The number of nitrogens with one attached hydrogen (secondary N) is 1. The van der Waals surface area contributed by atoms with Gasteiger partial charge in [-0.2, -0.15) is 0 Å². The molecule has 10 nitrogen and oxygen atoms in total. The van der Waals surface area contributed by atoms with E-state index in [4.69, 9.17) is 4.74 Å². The first-order valence-electron chi connectivity index (χ1n) is 11.2. The highest BCUT2D eigenvalue weighted by atomic mass is 16.6. The van der Waals surface area contributed by atoms with Crippen molar-refractivity contribution in [1.29, 1.82) is 0 Å². The molecule has 0 fully saturated rings. The van der Waals surface area contributed by atoms with Gasteiger partial charge in [-0.3, -0.25) is 19.9 Å². The summed E-state index contributed by atoms with van der Waals surface area (Å²) in [7, 11) is 0. The van der Waals surface area contributed by atoms with E-state index in [-0.39, 0.29) is 30.3 Å². The summed E-state index contributed by atoms with van der Waals surface area (Å²) in [6.45, 7) is 5.55. The number of nitrogens with zero attached hydrogens (tertiary/aromatic N) is 4. The van der Waals surface area contributed by atoms with E-state index in [2.05, 4.69) is 15.3 Å². The van der Waals surface area contributed by atoms with Crippen LogP contribution in [0.25, 0.3) is 11.3 Å². The Bertz CT molecular complexity index is 1260. The monoisotopic (exact) mass is 475 g/mol. The summed E-state index contributed by atoms with van der Waals surface area (Å²) in [5, 5.41) is 14.3. The van der Waals surface area contributed by atoms with Crippen LogP contribution in [0.15, 0.2) is 54.9 Å². The van der Waals surface area contributed by atoms with Gasteiger partial charge >= 0.3 is 5.97 Å². The number of anilines is 2. The van der Waals surface area contributed by atoms with Crippen LogP contribution in [0.3, 0.4) is 0 Å². The minimum Gasteiger partial charge on any atom is -0.462 e. The zero-order chi connectivity index (χ0) is 25.1. The molecular weight excluding hydrogens is 450 g/mol. The molecule has 0 saturated carbocycles. The van der Waals surface area contributed by atoms with Gasteiger partial charge in [0.1, 0.15) is 12.0 Å². The molecule has 0 spiro atoms. The van der Waals surface area contributed by atoms with Gasteiger partial charge in [0.2, 0.25) is 5.91 Å². The molecule has 4 rings (SSSR count). The molecule has 0 bridgehead atoms. The van der Waals surface area contributed by atoms with Crippen LogP contribution in [0.1, 0.15) is 49.2 Å². The molecular formula is C25H25N5O5. The third-order valence-electron chi connectivity index (χ3n) is 5.87. The van der Waals surface area contributed by atoms with Crippen LogP contribution in [0.2, 0.25) is 0 Å². The molecule has 0 saturated heterocycles. The number of hydrogen-bond acceptors (Lipinski definition) is 8. The summed E-state index contributed by atoms with van der Waals surface area (Å²) in [4.78, 5) is 45.2. The van der Waals surface area contributed by atoms with E-state index in [9.17, 15) is 19.7 Å². The Morgan fingerprint density at radius 3 is 2.57 bits per heavy atom. The highest BCUT2D eigenvalue weighted by molar-refractivity contribution is 5.94. The van der Waals surface area contributed by atoms with E-state index in [0.717, 1.165) is 16.8 Å². The number of hydrogen-bond donors (Lipinski definition) is 1. The Morgan fingerprint density at radius 1 is 1.17 bits per heavy atom. The Hall–Kier alpha value is -4.34. The Kier molecular flexibility index (Phi) is 6.72. The number of nitro groups is 1. The molecule has 2 aromatic heterocycles. The average Bonchev–Trinajstić information content (AvgIpc) is 2.84. The zero-order valence-corrected chi connectivity index (χ0v) is 19.6. The van der Waals surface area contributed by atoms with Crippen LogP contribution in [0.4, 0.5) is 17.2 Å². The van der Waals surface area contributed by atoms with Crippen LogP contribution >= 0.6 is 0 Å². The fourth-order valence-corrected chi connectivity index (χ4v) is 4.30. The smallest absolute Gasteiger partial charge is 0.339 e. The van der Waals surface area contributed by atoms with Gasteiger partial charge in [0.15, 0.2) is 0 Å². The van der Waals surface area contributed by atoms with Crippen molar-refractivity contribution < 1.29 is 19.2 Å². The van der Waals surface area contributed by atoms with Crippen LogP contribution in [-0.2, 0) is 9.53 Å². The van der Waals surface area contributed by atoms with Crippen LogP contribution in [-0.4, -0.2) is 39.4 Å². The lowest BCUT2D eigenvalue weighted by Crippen LogP contribution is -2.43. The lowest BCUT2D eigenvalue weighted by molar-refractivity contribution is -0.385. The maximum Gasteiger partial charge on any atom is 0.339 e. The molecule has 1 N–H and O–H groups in total. The lowest BCUT2D eigenvalue weighted by atomic mass is 9.89. The fraction of sp³-hybridized carbons (Fsp3) is 0.280. The lowest BCUT2D eigenvalue weighted by Gasteiger charge is -2.39. The molecule has 3 heterocycles. The van der Waals surface area contributed by atoms with Crippen molar-refractivity contribution in [2.75, 3.05) is 16.8 Å². The molecule has 3 aromatic rings. The predicted octanol–water partition coefficient (Wildman–Crippen LogP) is 4.53. The summed E-state index contributed by atoms with van der Waals surface area (Å²) in [6, 6.07) is 11.9. The number of fused-ring (bicyclic) bond motifs is 1. The molecule has 0 aliphatic carbocycles. The van der Waals surface area contributed by atoms with Crippen molar-refractivity contribution >= 4 is 29.1 Å². The van der Waals surface area contributed by atoms with Crippen LogP contribution in [0.5, 0.6) is 0 Å². The van der Waals surface area contributed by atoms with E-state index in [1.807, 2.05) is 25.1 Å². The highest BCUT2D eigenvalue weighted by Gasteiger charge is 2.33. The standard InChI is InChI=1S/C25H25N5O5/c1-4-35-25(32)18-5-8-21(26-13-18)17-6-9-23-20(12-17)22(11-15(2)29(23)16(3)31)28-24-10-7-19(14-27-24)30(33)34/h5-10,12-15,22H,4,11H2,1-3H3,(H,27,28). The van der Waals surface area contributed by atoms with E-state index < -0.39 is 10.9 Å². The number of rotatable bonds is 6. The van der Waals surface area contributed by atoms with Gasteiger partial charge in [0.25, 0.3) is 5.69 Å². The second-order valence-corrected chi connectivity index (χ2v) is 8.26. The van der Waals surface area contributed by atoms with E-state index in [1.54, 1.807) is 30.0 Å². The van der Waals surface area contributed by atoms with Gasteiger partial charge < -0.3 is 15.0 Å². The number of aromatic nitrogens is 2. The maximum atomic E-state index is 12.4. The molecule has 1 aliphatic rings. The predicted molar refractivity (Wildman–Crippen MR) is 130 cm³/mol. The fourth-order valence-electron chi connectivity index (χ4n) is 4.30. The van der Waals surface area contributed by atoms with Crippen molar-refractivity contribution in [3.63, 3.8) is 0 Å². The average molecular weight is 476 g/mol. The third-order valence-corrected chi connectivity index (χ3v) is 5.87. The molecule has 2 unspecified atom stereocenters. The molecule has 0 radical (unpaired) electrons. The van der Waals surface area contributed by atoms with Gasteiger partial charge in [-0.15, -0.1) is 0 Å². The summed E-state index contributed by atoms with van der Waals surface area (Å²) < 4.78 is 5.02. The van der Waals surface area contributed by atoms with Crippen molar-refractivity contribution in [2.45, 2.75) is 39.3 Å². The summed E-state index contributed by atoms with van der Waals surface area (Å²) in [5.41, 5.74) is 3.43. The van der Waals surface area contributed by atoms with Crippen LogP contribution < -0.4 is 10.2 Å². The Labute approximate surface area is 202 Å². The van der Waals surface area contributed by atoms with Gasteiger partial charge in [-0.05, 0) is 56.2 Å². The molecule has 180 valence electrons. The van der Waals surface area contributed by atoms with Crippen LogP contribution in [0, 0.1) is 10.1 Å². The van der Waals surface area contributed by atoms with Crippen molar-refractivity contribution in [3.05, 3.63) is 76.1 Å². The molecule has 1 amide bonds. The number of carbonyl (C=O) groups is 2. The second kappa shape index (κ2) is 9.88. The number of pyridine rings is 2. The van der Waals surface area contributed by atoms with Gasteiger partial charge in [0.05, 0.1) is 28.8 Å². The van der Waals surface area contributed by atoms with Crippen molar-refractivity contribution in [2.24, 2.45) is 0 Å². The van der Waals surface area contributed by atoms with E-state index in [1.165, 1.54) is 25.4 Å². The number of benzene rings is 1. The highest BCUT2D eigenvalue weighted by Crippen LogP contribution is 2.40. The topological polar surface area (TPSA) is 128 Å². The first kappa shape index (κ1) is 23.8. The Morgan fingerprint density at radius 2 is 1.97 bits per heavy atom. The third kappa shape index (κ3) is 4.96. The molecule has 35 heavy (non-hydrogen) atoms. The largest absolute Gasteiger partial charge is 0.462 e. The molecule has 1 aromatic carbocycles. The normalized spacial score (nSPS) is 16.8. The van der Waals surface area contributed by atoms with Gasteiger partial charge in [0, 0.05) is 36.5 Å². The molecule has 10 heteroatoms. The molecule has 1 aliphatic heterocycles. The van der Waals surface area contributed by atoms with Crippen molar-refractivity contribution in [1.82, 2.24) is 9.97 Å². The first-order valence-corrected chi connectivity index (χ1v) is 11.2. The van der Waals surface area contributed by atoms with Gasteiger partial charge in [-0.25, -0.2) is 9.78 Å². The number of amides is 1.